The van der Waals surface area contributed by atoms with Crippen LogP contribution in [0.15, 0.2) is 6.07 Å². The largest absolute Gasteiger partial charge is 0.481 e. The van der Waals surface area contributed by atoms with Gasteiger partial charge in [-0.3, -0.25) is 14.7 Å². The fourth-order valence-electron chi connectivity index (χ4n) is 2.26. The number of carboxylic acid groups (broad SMARTS) is 1. The van der Waals surface area contributed by atoms with Crippen LogP contribution in [0.5, 0.6) is 0 Å². The molecule has 1 saturated heterocycles. The molecule has 0 aromatic carbocycles. The third kappa shape index (κ3) is 3.78. The molecule has 2 rings (SSSR count). The molecule has 116 valence electrons. The second kappa shape index (κ2) is 6.09. The summed E-state index contributed by atoms with van der Waals surface area (Å²) in [6.45, 7) is 6.69. The van der Waals surface area contributed by atoms with Crippen LogP contribution >= 0.6 is 11.8 Å². The molecule has 1 amide bonds. The zero-order chi connectivity index (χ0) is 15.6. The Morgan fingerprint density at radius 1 is 1.52 bits per heavy atom. The Labute approximate surface area is 128 Å². The van der Waals surface area contributed by atoms with Crippen molar-refractivity contribution in [1.82, 2.24) is 15.1 Å². The summed E-state index contributed by atoms with van der Waals surface area (Å²) in [5.41, 5.74) is 1.15. The molecule has 0 aliphatic carbocycles. The monoisotopic (exact) mass is 311 g/mol. The van der Waals surface area contributed by atoms with Crippen molar-refractivity contribution in [1.29, 1.82) is 0 Å². The number of carbonyl (C=O) groups is 2. The average Bonchev–Trinajstić information content (AvgIpc) is 2.87. The van der Waals surface area contributed by atoms with Gasteiger partial charge in [0.15, 0.2) is 0 Å². The summed E-state index contributed by atoms with van der Waals surface area (Å²) >= 11 is 1.69. The van der Waals surface area contributed by atoms with Crippen molar-refractivity contribution in [2.75, 3.05) is 18.1 Å². The number of aliphatic carboxylic acids is 1. The van der Waals surface area contributed by atoms with Gasteiger partial charge >= 0.3 is 5.97 Å². The van der Waals surface area contributed by atoms with Gasteiger partial charge in [-0.05, 0) is 6.07 Å². The van der Waals surface area contributed by atoms with E-state index in [1.165, 1.54) is 0 Å². The standard InChI is InChI=1S/C14H21N3O3S/c1-14(2,3)11-7-10(15-16-11)13(20)17-4-5-21-8-9(17)6-12(18)19/h7,9H,4-6,8H2,1-3H3,(H,15,16)(H,18,19). The van der Waals surface area contributed by atoms with Gasteiger partial charge in [0.05, 0.1) is 12.5 Å². The van der Waals surface area contributed by atoms with Gasteiger partial charge in [0, 0.05) is 29.2 Å². The zero-order valence-electron chi connectivity index (χ0n) is 12.5. The first-order valence-electron chi connectivity index (χ1n) is 6.95. The van der Waals surface area contributed by atoms with Gasteiger partial charge in [0.25, 0.3) is 5.91 Å². The molecule has 0 radical (unpaired) electrons. The van der Waals surface area contributed by atoms with Crippen LogP contribution in [0.1, 0.15) is 43.4 Å². The smallest absolute Gasteiger partial charge is 0.305 e. The van der Waals surface area contributed by atoms with E-state index in [2.05, 4.69) is 10.2 Å². The van der Waals surface area contributed by atoms with E-state index in [9.17, 15) is 9.59 Å². The molecule has 1 aromatic heterocycles. The van der Waals surface area contributed by atoms with Crippen LogP contribution in [0.2, 0.25) is 0 Å². The van der Waals surface area contributed by atoms with Crippen LogP contribution in [0, 0.1) is 0 Å². The fourth-order valence-corrected chi connectivity index (χ4v) is 3.32. The topological polar surface area (TPSA) is 86.3 Å². The highest BCUT2D eigenvalue weighted by Crippen LogP contribution is 2.24. The summed E-state index contributed by atoms with van der Waals surface area (Å²) in [5.74, 6) is 0.429. The van der Waals surface area contributed by atoms with E-state index in [-0.39, 0.29) is 23.8 Å². The van der Waals surface area contributed by atoms with Crippen molar-refractivity contribution in [3.8, 4) is 0 Å². The van der Waals surface area contributed by atoms with Crippen LogP contribution in [0.3, 0.4) is 0 Å². The average molecular weight is 311 g/mol. The normalized spacial score (nSPS) is 19.6. The van der Waals surface area contributed by atoms with Crippen molar-refractivity contribution < 1.29 is 14.7 Å². The molecule has 1 aromatic rings. The summed E-state index contributed by atoms with van der Waals surface area (Å²) < 4.78 is 0. The van der Waals surface area contributed by atoms with Crippen LogP contribution in [-0.4, -0.2) is 56.2 Å². The molecule has 1 aliphatic rings. The maximum Gasteiger partial charge on any atom is 0.305 e. The summed E-state index contributed by atoms with van der Waals surface area (Å²) in [7, 11) is 0. The first-order chi connectivity index (χ1) is 9.79. The maximum atomic E-state index is 12.6. The lowest BCUT2D eigenvalue weighted by atomic mass is 9.92. The number of H-pyrrole nitrogens is 1. The Bertz CT molecular complexity index is 536. The minimum Gasteiger partial charge on any atom is -0.481 e. The number of nitrogens with one attached hydrogen (secondary N) is 1. The molecule has 21 heavy (non-hydrogen) atoms. The lowest BCUT2D eigenvalue weighted by Crippen LogP contribution is -2.47. The third-order valence-corrected chi connectivity index (χ3v) is 4.60. The van der Waals surface area contributed by atoms with Crippen molar-refractivity contribution in [2.24, 2.45) is 0 Å². The van der Waals surface area contributed by atoms with Gasteiger partial charge in [-0.1, -0.05) is 20.8 Å². The Morgan fingerprint density at radius 2 is 2.24 bits per heavy atom. The summed E-state index contributed by atoms with van der Waals surface area (Å²) in [6, 6.07) is 1.51. The first-order valence-corrected chi connectivity index (χ1v) is 8.11. The number of carboxylic acids is 1. The van der Waals surface area contributed by atoms with E-state index in [1.54, 1.807) is 22.7 Å². The second-order valence-electron chi connectivity index (χ2n) is 6.24. The molecule has 1 unspecified atom stereocenters. The van der Waals surface area contributed by atoms with E-state index < -0.39 is 5.97 Å². The van der Waals surface area contributed by atoms with Gasteiger partial charge in [-0.15, -0.1) is 0 Å². The lowest BCUT2D eigenvalue weighted by Gasteiger charge is -2.34. The third-order valence-electron chi connectivity index (χ3n) is 3.50. The molecule has 1 atom stereocenters. The molecule has 2 heterocycles. The molecule has 7 heteroatoms. The van der Waals surface area contributed by atoms with E-state index in [0.717, 1.165) is 11.4 Å². The summed E-state index contributed by atoms with van der Waals surface area (Å²) in [5, 5.41) is 16.0. The van der Waals surface area contributed by atoms with E-state index in [4.69, 9.17) is 5.11 Å². The quantitative estimate of drug-likeness (QED) is 0.888. The van der Waals surface area contributed by atoms with Crippen molar-refractivity contribution >= 4 is 23.6 Å². The van der Waals surface area contributed by atoms with Gasteiger partial charge in [-0.2, -0.15) is 16.9 Å². The van der Waals surface area contributed by atoms with Crippen molar-refractivity contribution in [3.63, 3.8) is 0 Å². The van der Waals surface area contributed by atoms with Crippen LogP contribution in [-0.2, 0) is 10.2 Å². The van der Waals surface area contributed by atoms with Gasteiger partial charge in [-0.25, -0.2) is 0 Å². The number of carbonyl (C=O) groups excluding carboxylic acids is 1. The summed E-state index contributed by atoms with van der Waals surface area (Å²) in [6.07, 6.45) is -0.0186. The van der Waals surface area contributed by atoms with Gasteiger partial charge in [0.1, 0.15) is 5.69 Å². The van der Waals surface area contributed by atoms with Crippen molar-refractivity contribution in [2.45, 2.75) is 38.6 Å². The number of aromatic nitrogens is 2. The minimum atomic E-state index is -0.877. The maximum absolute atomic E-state index is 12.6. The molecule has 1 aliphatic heterocycles. The highest BCUT2D eigenvalue weighted by atomic mass is 32.2. The highest BCUT2D eigenvalue weighted by Gasteiger charge is 2.31. The minimum absolute atomic E-state index is 0.0186. The molecule has 6 nitrogen and oxygen atoms in total. The molecular formula is C14H21N3O3S. The molecule has 2 N–H and O–H groups in total. The number of hydrogen-bond donors (Lipinski definition) is 2. The first kappa shape index (κ1) is 15.9. The molecule has 0 spiro atoms. The Kier molecular flexibility index (Phi) is 4.61. The number of nitrogens with zero attached hydrogens (tertiary/aromatic N) is 2. The Hall–Kier alpha value is -1.50. The Morgan fingerprint density at radius 3 is 2.81 bits per heavy atom. The van der Waals surface area contributed by atoms with E-state index in [1.807, 2.05) is 20.8 Å². The number of amides is 1. The van der Waals surface area contributed by atoms with Gasteiger partial charge in [0.2, 0.25) is 0 Å². The zero-order valence-corrected chi connectivity index (χ0v) is 13.4. The van der Waals surface area contributed by atoms with Gasteiger partial charge < -0.3 is 10.0 Å². The number of aromatic amines is 1. The van der Waals surface area contributed by atoms with Crippen LogP contribution < -0.4 is 0 Å². The van der Waals surface area contributed by atoms with E-state index >= 15 is 0 Å². The molecule has 1 fully saturated rings. The molecule has 0 saturated carbocycles. The number of thioether (sulfide) groups is 1. The van der Waals surface area contributed by atoms with Crippen LogP contribution in [0.4, 0.5) is 0 Å². The Balaban J connectivity index is 2.17. The fraction of sp³-hybridized carbons (Fsp3) is 0.643. The summed E-state index contributed by atoms with van der Waals surface area (Å²) in [4.78, 5) is 25.2. The second-order valence-corrected chi connectivity index (χ2v) is 7.39. The molecule has 0 bridgehead atoms. The molecular weight excluding hydrogens is 290 g/mol. The van der Waals surface area contributed by atoms with Crippen LogP contribution in [0.25, 0.3) is 0 Å². The van der Waals surface area contributed by atoms with E-state index in [0.29, 0.717) is 18.0 Å². The number of rotatable bonds is 3. The predicted molar refractivity (Wildman–Crippen MR) is 81.7 cm³/mol. The van der Waals surface area contributed by atoms with Crippen molar-refractivity contribution in [3.05, 3.63) is 17.5 Å². The lowest BCUT2D eigenvalue weighted by molar-refractivity contribution is -0.138. The highest BCUT2D eigenvalue weighted by molar-refractivity contribution is 7.99. The SMILES string of the molecule is CC(C)(C)c1cc(C(=O)N2CCSCC2CC(=O)O)n[nH]1. The predicted octanol–water partition coefficient (Wildman–Crippen LogP) is 1.74. The number of hydrogen-bond acceptors (Lipinski definition) is 4.